The standard InChI is InChI=1S/C22H35N5O2.HI/c1-4-23-22(26-18-7-10-21(28)27(3)15-18)25-14-17-11-12-24-20(13-17)29-19-8-5-16(2)6-9-19;/h11-13,16,18-19H,4-10,14-15H2,1-3H3,(H2,23,25,26);1H. The van der Waals surface area contributed by atoms with Crippen LogP contribution >= 0.6 is 24.0 Å². The number of ether oxygens (including phenoxy) is 1. The summed E-state index contributed by atoms with van der Waals surface area (Å²) in [6.07, 6.45) is 8.17. The van der Waals surface area contributed by atoms with E-state index in [9.17, 15) is 4.79 Å². The van der Waals surface area contributed by atoms with Gasteiger partial charge in [0.05, 0.1) is 6.54 Å². The Bertz CT molecular complexity index is 707. The van der Waals surface area contributed by atoms with Crippen molar-refractivity contribution in [2.75, 3.05) is 20.1 Å². The van der Waals surface area contributed by atoms with Crippen LogP contribution in [0.2, 0.25) is 0 Å². The van der Waals surface area contributed by atoms with Crippen molar-refractivity contribution in [2.24, 2.45) is 10.9 Å². The maximum Gasteiger partial charge on any atom is 0.222 e. The van der Waals surface area contributed by atoms with Crippen molar-refractivity contribution in [1.29, 1.82) is 0 Å². The Kier molecular flexibility index (Phi) is 10.1. The summed E-state index contributed by atoms with van der Waals surface area (Å²) < 4.78 is 6.11. The Balaban J connectivity index is 0.00000320. The van der Waals surface area contributed by atoms with Crippen molar-refractivity contribution in [2.45, 2.75) is 71.1 Å². The fraction of sp³-hybridized carbons (Fsp3) is 0.682. The molecule has 7 nitrogen and oxygen atoms in total. The van der Waals surface area contributed by atoms with Crippen molar-refractivity contribution in [1.82, 2.24) is 20.5 Å². The first-order valence-electron chi connectivity index (χ1n) is 10.9. The van der Waals surface area contributed by atoms with Gasteiger partial charge >= 0.3 is 0 Å². The minimum absolute atomic E-state index is 0. The summed E-state index contributed by atoms with van der Waals surface area (Å²) in [5.74, 6) is 2.49. The molecule has 30 heavy (non-hydrogen) atoms. The lowest BCUT2D eigenvalue weighted by Gasteiger charge is -2.31. The number of likely N-dealkylation sites (N-methyl/N-ethyl adjacent to an activating group) is 1. The summed E-state index contributed by atoms with van der Waals surface area (Å²) in [4.78, 5) is 22.6. The van der Waals surface area contributed by atoms with Crippen LogP contribution < -0.4 is 15.4 Å². The zero-order valence-electron chi connectivity index (χ0n) is 18.4. The Labute approximate surface area is 197 Å². The van der Waals surface area contributed by atoms with Crippen LogP contribution in [-0.2, 0) is 11.3 Å². The van der Waals surface area contributed by atoms with Crippen LogP contribution in [0.25, 0.3) is 0 Å². The Morgan fingerprint density at radius 3 is 2.77 bits per heavy atom. The van der Waals surface area contributed by atoms with E-state index in [4.69, 9.17) is 9.73 Å². The maximum atomic E-state index is 11.7. The van der Waals surface area contributed by atoms with Gasteiger partial charge in [-0.2, -0.15) is 0 Å². The zero-order chi connectivity index (χ0) is 20.6. The van der Waals surface area contributed by atoms with Crippen LogP contribution in [0.3, 0.4) is 0 Å². The van der Waals surface area contributed by atoms with E-state index < -0.39 is 0 Å². The highest BCUT2D eigenvalue weighted by Crippen LogP contribution is 2.26. The number of halogens is 1. The number of rotatable bonds is 6. The molecular weight excluding hydrogens is 493 g/mol. The fourth-order valence-electron chi connectivity index (χ4n) is 3.95. The monoisotopic (exact) mass is 529 g/mol. The fourth-order valence-corrected chi connectivity index (χ4v) is 3.95. The van der Waals surface area contributed by atoms with Gasteiger partial charge in [0.2, 0.25) is 11.8 Å². The highest BCUT2D eigenvalue weighted by atomic mass is 127. The summed E-state index contributed by atoms with van der Waals surface area (Å²) in [6.45, 7) is 6.41. The van der Waals surface area contributed by atoms with E-state index in [2.05, 4.69) is 29.5 Å². The molecule has 0 aromatic carbocycles. The SMILES string of the molecule is CCNC(=NCc1ccnc(OC2CCC(C)CC2)c1)NC1CCC(=O)N(C)C1.I. The third-order valence-electron chi connectivity index (χ3n) is 5.78. The number of aliphatic imine (C=N–C) groups is 1. The molecule has 1 amide bonds. The first kappa shape index (κ1) is 24.7. The van der Waals surface area contributed by atoms with Crippen molar-refractivity contribution >= 4 is 35.8 Å². The lowest BCUT2D eigenvalue weighted by Crippen LogP contribution is -2.51. The lowest BCUT2D eigenvalue weighted by molar-refractivity contribution is -0.132. The molecule has 0 spiro atoms. The molecule has 168 valence electrons. The number of hydrogen-bond donors (Lipinski definition) is 2. The third-order valence-corrected chi connectivity index (χ3v) is 5.78. The molecule has 1 aliphatic heterocycles. The zero-order valence-corrected chi connectivity index (χ0v) is 20.7. The second-order valence-corrected chi connectivity index (χ2v) is 8.35. The topological polar surface area (TPSA) is 78.9 Å². The first-order valence-corrected chi connectivity index (χ1v) is 10.9. The molecule has 1 aliphatic carbocycles. The molecule has 8 heteroatoms. The Hall–Kier alpha value is -1.58. The number of piperidine rings is 1. The van der Waals surface area contributed by atoms with Gasteiger partial charge in [0, 0.05) is 44.9 Å². The second-order valence-electron chi connectivity index (χ2n) is 8.35. The summed E-state index contributed by atoms with van der Waals surface area (Å²) >= 11 is 0. The summed E-state index contributed by atoms with van der Waals surface area (Å²) in [5, 5.41) is 6.76. The Morgan fingerprint density at radius 2 is 2.07 bits per heavy atom. The van der Waals surface area contributed by atoms with Gasteiger partial charge in [-0.3, -0.25) is 4.79 Å². The van der Waals surface area contributed by atoms with Gasteiger partial charge in [0.25, 0.3) is 0 Å². The van der Waals surface area contributed by atoms with Crippen molar-refractivity contribution in [3.05, 3.63) is 23.9 Å². The van der Waals surface area contributed by atoms with E-state index in [1.807, 2.05) is 19.2 Å². The highest BCUT2D eigenvalue weighted by Gasteiger charge is 2.23. The van der Waals surface area contributed by atoms with Crippen LogP contribution in [0.5, 0.6) is 5.88 Å². The average Bonchev–Trinajstić information content (AvgIpc) is 2.71. The molecule has 1 unspecified atom stereocenters. The van der Waals surface area contributed by atoms with Gasteiger partial charge in [0.15, 0.2) is 5.96 Å². The number of hydrogen-bond acceptors (Lipinski definition) is 4. The van der Waals surface area contributed by atoms with Crippen LogP contribution in [0.15, 0.2) is 23.3 Å². The first-order chi connectivity index (χ1) is 14.0. The number of carbonyl (C=O) groups excluding carboxylic acids is 1. The number of pyridine rings is 1. The molecule has 0 bridgehead atoms. The van der Waals surface area contributed by atoms with E-state index in [0.717, 1.165) is 43.2 Å². The van der Waals surface area contributed by atoms with Gasteiger partial charge in [-0.1, -0.05) is 6.92 Å². The molecule has 1 saturated heterocycles. The minimum Gasteiger partial charge on any atom is -0.474 e. The van der Waals surface area contributed by atoms with Gasteiger partial charge in [-0.05, 0) is 56.6 Å². The second kappa shape index (κ2) is 12.3. The van der Waals surface area contributed by atoms with E-state index in [-0.39, 0.29) is 42.0 Å². The normalized spacial score (nSPS) is 24.8. The molecule has 0 radical (unpaired) electrons. The van der Waals surface area contributed by atoms with Crippen LogP contribution in [0.4, 0.5) is 0 Å². The predicted molar refractivity (Wildman–Crippen MR) is 130 cm³/mol. The summed E-state index contributed by atoms with van der Waals surface area (Å²) in [7, 11) is 1.85. The van der Waals surface area contributed by atoms with E-state index >= 15 is 0 Å². The van der Waals surface area contributed by atoms with Crippen LogP contribution in [-0.4, -0.2) is 54.0 Å². The molecule has 2 fully saturated rings. The minimum atomic E-state index is 0. The number of nitrogens with one attached hydrogen (secondary N) is 2. The maximum absolute atomic E-state index is 11.7. The van der Waals surface area contributed by atoms with E-state index in [0.29, 0.717) is 25.4 Å². The van der Waals surface area contributed by atoms with Crippen LogP contribution in [0, 0.1) is 5.92 Å². The number of guanidine groups is 1. The number of likely N-dealkylation sites (tertiary alicyclic amines) is 1. The van der Waals surface area contributed by atoms with Crippen molar-refractivity contribution < 1.29 is 9.53 Å². The van der Waals surface area contributed by atoms with Gasteiger partial charge in [-0.25, -0.2) is 9.98 Å². The van der Waals surface area contributed by atoms with E-state index in [1.165, 1.54) is 12.8 Å². The summed E-state index contributed by atoms with van der Waals surface area (Å²) in [6, 6.07) is 4.20. The molecule has 2 N–H and O–H groups in total. The van der Waals surface area contributed by atoms with Crippen LogP contribution in [0.1, 0.15) is 57.9 Å². The number of amides is 1. The quantitative estimate of drug-likeness (QED) is 0.336. The largest absolute Gasteiger partial charge is 0.474 e. The number of nitrogens with zero attached hydrogens (tertiary/aromatic N) is 3. The number of carbonyl (C=O) groups is 1. The lowest BCUT2D eigenvalue weighted by atomic mass is 9.89. The van der Waals surface area contributed by atoms with Gasteiger partial charge in [0.1, 0.15) is 6.10 Å². The van der Waals surface area contributed by atoms with Crippen molar-refractivity contribution in [3.8, 4) is 5.88 Å². The van der Waals surface area contributed by atoms with Gasteiger partial charge in [-0.15, -0.1) is 24.0 Å². The average molecular weight is 529 g/mol. The molecule has 1 atom stereocenters. The smallest absolute Gasteiger partial charge is 0.222 e. The van der Waals surface area contributed by atoms with E-state index in [1.54, 1.807) is 11.1 Å². The third kappa shape index (κ3) is 7.59. The molecular formula is C22H36IN5O2. The number of aromatic nitrogens is 1. The molecule has 3 rings (SSSR count). The molecule has 2 aliphatic rings. The molecule has 1 aromatic rings. The van der Waals surface area contributed by atoms with Crippen molar-refractivity contribution in [3.63, 3.8) is 0 Å². The van der Waals surface area contributed by atoms with Gasteiger partial charge < -0.3 is 20.3 Å². The highest BCUT2D eigenvalue weighted by molar-refractivity contribution is 14.0. The molecule has 1 aromatic heterocycles. The molecule has 1 saturated carbocycles. The summed E-state index contributed by atoms with van der Waals surface area (Å²) in [5.41, 5.74) is 1.08. The predicted octanol–water partition coefficient (Wildman–Crippen LogP) is 3.33. The molecule has 2 heterocycles. The Morgan fingerprint density at radius 1 is 1.30 bits per heavy atom.